The number of hydrogen-bond acceptors (Lipinski definition) is 4. The highest BCUT2D eigenvalue weighted by Crippen LogP contribution is 2.29. The fraction of sp³-hybridized carbons (Fsp3) is 0.333. The molecule has 1 aliphatic heterocycles. The van der Waals surface area contributed by atoms with E-state index in [9.17, 15) is 9.59 Å². The van der Waals surface area contributed by atoms with Crippen LogP contribution < -0.4 is 10.1 Å². The highest BCUT2D eigenvalue weighted by atomic mass is 16.5. The van der Waals surface area contributed by atoms with Crippen LogP contribution in [-0.2, 0) is 11.3 Å². The number of rotatable bonds is 4. The fourth-order valence-electron chi connectivity index (χ4n) is 2.61. The number of aryl methyl sites for hydroxylation is 1. The second-order valence-electron chi connectivity index (χ2n) is 6.09. The van der Waals surface area contributed by atoms with E-state index in [0.29, 0.717) is 23.5 Å². The van der Waals surface area contributed by atoms with E-state index in [0.717, 1.165) is 11.5 Å². The monoisotopic (exact) mass is 328 g/mol. The molecule has 2 aromatic rings. The summed E-state index contributed by atoms with van der Waals surface area (Å²) in [6.07, 6.45) is 0. The lowest BCUT2D eigenvalue weighted by molar-refractivity contribution is -0.118. The van der Waals surface area contributed by atoms with Gasteiger partial charge in [-0.1, -0.05) is 0 Å². The van der Waals surface area contributed by atoms with Gasteiger partial charge in [0.05, 0.1) is 12.2 Å². The summed E-state index contributed by atoms with van der Waals surface area (Å²) in [5.74, 6) is 1.78. The van der Waals surface area contributed by atoms with Crippen molar-refractivity contribution in [3.8, 4) is 5.75 Å². The summed E-state index contributed by atoms with van der Waals surface area (Å²) in [5, 5.41) is 2.72. The lowest BCUT2D eigenvalue weighted by Crippen LogP contribution is -2.36. The Bertz CT molecular complexity index is 779. The van der Waals surface area contributed by atoms with Crippen LogP contribution >= 0.6 is 0 Å². The number of carbonyl (C=O) groups excluding carboxylic acids is 2. The Labute approximate surface area is 140 Å². The van der Waals surface area contributed by atoms with Gasteiger partial charge in [0.15, 0.2) is 6.61 Å². The van der Waals surface area contributed by atoms with Crippen LogP contribution in [0.2, 0.25) is 0 Å². The summed E-state index contributed by atoms with van der Waals surface area (Å²) in [6.45, 7) is 6.17. The van der Waals surface area contributed by atoms with Crippen LogP contribution in [0.3, 0.4) is 0 Å². The number of hydrogen-bond donors (Lipinski definition) is 1. The minimum absolute atomic E-state index is 0.00371. The van der Waals surface area contributed by atoms with Crippen molar-refractivity contribution >= 4 is 17.5 Å². The van der Waals surface area contributed by atoms with Crippen LogP contribution in [0.1, 0.15) is 35.7 Å². The van der Waals surface area contributed by atoms with Gasteiger partial charge in [0.1, 0.15) is 17.3 Å². The van der Waals surface area contributed by atoms with Crippen LogP contribution in [0.5, 0.6) is 5.75 Å². The molecule has 0 aliphatic carbocycles. The SMILES string of the molecule is Cc1ccc(CN(C(=O)c2ccc3c(c2)NC(=O)CO3)C(C)C)o1. The van der Waals surface area contributed by atoms with Crippen LogP contribution in [0.25, 0.3) is 0 Å². The number of fused-ring (bicyclic) bond motifs is 1. The number of furan rings is 1. The van der Waals surface area contributed by atoms with Crippen molar-refractivity contribution in [3.63, 3.8) is 0 Å². The van der Waals surface area contributed by atoms with Gasteiger partial charge >= 0.3 is 0 Å². The van der Waals surface area contributed by atoms with Gasteiger partial charge in [-0.25, -0.2) is 0 Å². The van der Waals surface area contributed by atoms with Gasteiger partial charge in [-0.05, 0) is 51.1 Å². The van der Waals surface area contributed by atoms with Gasteiger partial charge < -0.3 is 19.4 Å². The van der Waals surface area contributed by atoms with Crippen molar-refractivity contribution in [2.75, 3.05) is 11.9 Å². The molecule has 0 saturated heterocycles. The quantitative estimate of drug-likeness (QED) is 0.936. The normalized spacial score (nSPS) is 13.2. The predicted molar refractivity (Wildman–Crippen MR) is 89.0 cm³/mol. The Morgan fingerprint density at radius 2 is 2.08 bits per heavy atom. The molecule has 2 amide bonds. The molecule has 6 nitrogen and oxygen atoms in total. The molecule has 0 fully saturated rings. The van der Waals surface area contributed by atoms with E-state index in [4.69, 9.17) is 9.15 Å². The Balaban J connectivity index is 1.85. The molecule has 1 aromatic carbocycles. The lowest BCUT2D eigenvalue weighted by Gasteiger charge is -2.26. The van der Waals surface area contributed by atoms with Crippen molar-refractivity contribution in [1.29, 1.82) is 0 Å². The summed E-state index contributed by atoms with van der Waals surface area (Å²) >= 11 is 0. The maximum atomic E-state index is 12.9. The molecule has 6 heteroatoms. The Morgan fingerprint density at radius 1 is 1.29 bits per heavy atom. The highest BCUT2D eigenvalue weighted by Gasteiger charge is 2.23. The summed E-state index contributed by atoms with van der Waals surface area (Å²) in [5.41, 5.74) is 1.02. The van der Waals surface area contributed by atoms with E-state index in [-0.39, 0.29) is 24.5 Å². The summed E-state index contributed by atoms with van der Waals surface area (Å²) in [7, 11) is 0. The second kappa shape index (κ2) is 6.39. The maximum absolute atomic E-state index is 12.9. The van der Waals surface area contributed by atoms with E-state index in [1.807, 2.05) is 32.9 Å². The summed E-state index contributed by atoms with van der Waals surface area (Å²) < 4.78 is 10.9. The van der Waals surface area contributed by atoms with E-state index in [2.05, 4.69) is 5.32 Å². The van der Waals surface area contributed by atoms with E-state index in [1.54, 1.807) is 23.1 Å². The number of anilines is 1. The van der Waals surface area contributed by atoms with E-state index >= 15 is 0 Å². The number of benzene rings is 1. The first-order chi connectivity index (χ1) is 11.4. The molecular formula is C18H20N2O4. The fourth-order valence-corrected chi connectivity index (χ4v) is 2.61. The number of carbonyl (C=O) groups is 2. The molecule has 0 saturated carbocycles. The molecule has 1 aromatic heterocycles. The molecule has 0 spiro atoms. The zero-order valence-electron chi connectivity index (χ0n) is 14.0. The summed E-state index contributed by atoms with van der Waals surface area (Å²) in [4.78, 5) is 26.1. The van der Waals surface area contributed by atoms with Gasteiger partial charge in [0.2, 0.25) is 0 Å². The maximum Gasteiger partial charge on any atom is 0.262 e. The highest BCUT2D eigenvalue weighted by molar-refractivity contribution is 5.99. The lowest BCUT2D eigenvalue weighted by atomic mass is 10.1. The van der Waals surface area contributed by atoms with Crippen LogP contribution in [0.4, 0.5) is 5.69 Å². The molecule has 0 radical (unpaired) electrons. The number of ether oxygens (including phenoxy) is 1. The van der Waals surface area contributed by atoms with Crippen molar-refractivity contribution < 1.29 is 18.7 Å². The number of nitrogens with zero attached hydrogens (tertiary/aromatic N) is 1. The van der Waals surface area contributed by atoms with Gasteiger partial charge in [-0.3, -0.25) is 9.59 Å². The molecule has 0 unspecified atom stereocenters. The molecular weight excluding hydrogens is 308 g/mol. The molecule has 126 valence electrons. The molecule has 2 heterocycles. The Kier molecular flexibility index (Phi) is 4.29. The molecule has 24 heavy (non-hydrogen) atoms. The van der Waals surface area contributed by atoms with Crippen molar-refractivity contribution in [1.82, 2.24) is 4.90 Å². The third-order valence-electron chi connectivity index (χ3n) is 3.87. The molecule has 1 N–H and O–H groups in total. The summed E-state index contributed by atoms with van der Waals surface area (Å²) in [6, 6.07) is 8.82. The first-order valence-corrected chi connectivity index (χ1v) is 7.87. The zero-order valence-corrected chi connectivity index (χ0v) is 14.0. The van der Waals surface area contributed by atoms with Crippen molar-refractivity contribution in [2.45, 2.75) is 33.4 Å². The van der Waals surface area contributed by atoms with E-state index < -0.39 is 0 Å². The van der Waals surface area contributed by atoms with Gasteiger partial charge in [0.25, 0.3) is 11.8 Å². The largest absolute Gasteiger partial charge is 0.482 e. The van der Waals surface area contributed by atoms with Gasteiger partial charge in [-0.2, -0.15) is 0 Å². The molecule has 0 bridgehead atoms. The van der Waals surface area contributed by atoms with Gasteiger partial charge in [-0.15, -0.1) is 0 Å². The minimum Gasteiger partial charge on any atom is -0.482 e. The standard InChI is InChI=1S/C18H20N2O4/c1-11(2)20(9-14-6-4-12(3)24-14)18(22)13-5-7-16-15(8-13)19-17(21)10-23-16/h4-8,11H,9-10H2,1-3H3,(H,19,21). The van der Waals surface area contributed by atoms with Crippen molar-refractivity contribution in [3.05, 3.63) is 47.4 Å². The van der Waals surface area contributed by atoms with Crippen LogP contribution in [-0.4, -0.2) is 29.4 Å². The smallest absolute Gasteiger partial charge is 0.262 e. The van der Waals surface area contributed by atoms with E-state index in [1.165, 1.54) is 0 Å². The first kappa shape index (κ1) is 16.1. The Morgan fingerprint density at radius 3 is 2.75 bits per heavy atom. The Hall–Kier alpha value is -2.76. The number of amides is 2. The third-order valence-corrected chi connectivity index (χ3v) is 3.87. The average molecular weight is 328 g/mol. The predicted octanol–water partition coefficient (Wildman–Crippen LogP) is 2.97. The molecule has 3 rings (SSSR count). The minimum atomic E-state index is -0.223. The van der Waals surface area contributed by atoms with Gasteiger partial charge in [0, 0.05) is 11.6 Å². The first-order valence-electron chi connectivity index (χ1n) is 7.87. The molecule has 0 atom stereocenters. The molecule has 1 aliphatic rings. The second-order valence-corrected chi connectivity index (χ2v) is 6.09. The van der Waals surface area contributed by atoms with Crippen LogP contribution in [0.15, 0.2) is 34.7 Å². The third kappa shape index (κ3) is 3.27. The zero-order chi connectivity index (χ0) is 17.3. The average Bonchev–Trinajstić information content (AvgIpc) is 2.96. The van der Waals surface area contributed by atoms with Crippen LogP contribution in [0, 0.1) is 6.92 Å². The van der Waals surface area contributed by atoms with Crippen molar-refractivity contribution in [2.24, 2.45) is 0 Å². The topological polar surface area (TPSA) is 71.8 Å². The number of nitrogens with one attached hydrogen (secondary N) is 1.